The van der Waals surface area contributed by atoms with Crippen LogP contribution >= 0.6 is 0 Å². The SMILES string of the molecule is O=C(CCc1ccccc1O)NC1CCC(O)CC1. The molecule has 0 unspecified atom stereocenters. The zero-order chi connectivity index (χ0) is 13.7. The topological polar surface area (TPSA) is 69.6 Å². The number of rotatable bonds is 4. The first-order chi connectivity index (χ1) is 9.15. The van der Waals surface area contributed by atoms with Crippen molar-refractivity contribution in [1.82, 2.24) is 5.32 Å². The molecule has 19 heavy (non-hydrogen) atoms. The number of hydrogen-bond donors (Lipinski definition) is 3. The largest absolute Gasteiger partial charge is 0.508 e. The van der Waals surface area contributed by atoms with Crippen LogP contribution in [-0.2, 0) is 11.2 Å². The van der Waals surface area contributed by atoms with Gasteiger partial charge in [0.05, 0.1) is 6.10 Å². The van der Waals surface area contributed by atoms with Crippen LogP contribution in [0.1, 0.15) is 37.7 Å². The summed E-state index contributed by atoms with van der Waals surface area (Å²) in [6.45, 7) is 0. The molecule has 1 saturated carbocycles. The van der Waals surface area contributed by atoms with Gasteiger partial charge in [-0.2, -0.15) is 0 Å². The third kappa shape index (κ3) is 4.24. The second kappa shape index (κ2) is 6.57. The first-order valence-electron chi connectivity index (χ1n) is 6.89. The smallest absolute Gasteiger partial charge is 0.220 e. The van der Waals surface area contributed by atoms with E-state index in [4.69, 9.17) is 0 Å². The fraction of sp³-hybridized carbons (Fsp3) is 0.533. The summed E-state index contributed by atoms with van der Waals surface area (Å²) in [5.41, 5.74) is 0.803. The highest BCUT2D eigenvalue weighted by atomic mass is 16.3. The number of phenolic OH excluding ortho intramolecular Hbond substituents is 1. The van der Waals surface area contributed by atoms with Crippen LogP contribution in [0.5, 0.6) is 5.75 Å². The van der Waals surface area contributed by atoms with E-state index in [1.54, 1.807) is 12.1 Å². The van der Waals surface area contributed by atoms with Crippen molar-refractivity contribution in [3.8, 4) is 5.75 Å². The average molecular weight is 263 g/mol. The van der Waals surface area contributed by atoms with Gasteiger partial charge >= 0.3 is 0 Å². The van der Waals surface area contributed by atoms with Gasteiger partial charge in [0, 0.05) is 12.5 Å². The molecule has 0 heterocycles. The number of hydrogen-bond acceptors (Lipinski definition) is 3. The highest BCUT2D eigenvalue weighted by Gasteiger charge is 2.20. The van der Waals surface area contributed by atoms with Crippen LogP contribution in [0, 0.1) is 0 Å². The predicted molar refractivity (Wildman–Crippen MR) is 72.8 cm³/mol. The monoisotopic (exact) mass is 263 g/mol. The molecule has 104 valence electrons. The Balaban J connectivity index is 1.74. The predicted octanol–water partition coefficient (Wildman–Crippen LogP) is 1.74. The Morgan fingerprint density at radius 2 is 1.89 bits per heavy atom. The van der Waals surface area contributed by atoms with Gasteiger partial charge in [-0.25, -0.2) is 0 Å². The molecule has 1 aliphatic carbocycles. The summed E-state index contributed by atoms with van der Waals surface area (Å²) in [6.07, 6.45) is 3.97. The van der Waals surface area contributed by atoms with Gasteiger partial charge in [-0.1, -0.05) is 18.2 Å². The molecule has 0 saturated heterocycles. The summed E-state index contributed by atoms with van der Waals surface area (Å²) in [7, 11) is 0. The van der Waals surface area contributed by atoms with Crippen LogP contribution < -0.4 is 5.32 Å². The quantitative estimate of drug-likeness (QED) is 0.775. The van der Waals surface area contributed by atoms with Crippen LogP contribution in [-0.4, -0.2) is 28.3 Å². The molecular weight excluding hydrogens is 242 g/mol. The first-order valence-corrected chi connectivity index (χ1v) is 6.89. The fourth-order valence-electron chi connectivity index (χ4n) is 2.49. The summed E-state index contributed by atoms with van der Waals surface area (Å²) in [6, 6.07) is 7.29. The second-order valence-electron chi connectivity index (χ2n) is 5.20. The molecule has 4 heteroatoms. The maximum absolute atomic E-state index is 11.8. The van der Waals surface area contributed by atoms with E-state index in [2.05, 4.69) is 5.32 Å². The number of aliphatic hydroxyl groups excluding tert-OH is 1. The van der Waals surface area contributed by atoms with Gasteiger partial charge in [0.1, 0.15) is 5.75 Å². The van der Waals surface area contributed by atoms with E-state index in [1.165, 1.54) is 0 Å². The number of benzene rings is 1. The first kappa shape index (κ1) is 13.9. The molecule has 0 aliphatic heterocycles. The minimum atomic E-state index is -0.200. The number of carbonyl (C=O) groups excluding carboxylic acids is 1. The van der Waals surface area contributed by atoms with E-state index in [0.717, 1.165) is 31.2 Å². The number of para-hydroxylation sites is 1. The van der Waals surface area contributed by atoms with Crippen LogP contribution in [0.15, 0.2) is 24.3 Å². The lowest BCUT2D eigenvalue weighted by molar-refractivity contribution is -0.122. The van der Waals surface area contributed by atoms with E-state index < -0.39 is 0 Å². The minimum absolute atomic E-state index is 0.0182. The molecule has 1 aliphatic rings. The zero-order valence-corrected chi connectivity index (χ0v) is 11.0. The van der Waals surface area contributed by atoms with Crippen LogP contribution in [0.4, 0.5) is 0 Å². The van der Waals surface area contributed by atoms with Gasteiger partial charge in [0.2, 0.25) is 5.91 Å². The lowest BCUT2D eigenvalue weighted by atomic mass is 9.93. The standard InChI is InChI=1S/C15H21NO3/c17-13-8-6-12(7-9-13)16-15(19)10-5-11-3-1-2-4-14(11)18/h1-4,12-13,17-18H,5-10H2,(H,16,19). The Bertz CT molecular complexity index is 425. The summed E-state index contributed by atoms with van der Waals surface area (Å²) in [5.74, 6) is 0.265. The van der Waals surface area contributed by atoms with E-state index in [9.17, 15) is 15.0 Å². The molecular formula is C15H21NO3. The maximum Gasteiger partial charge on any atom is 0.220 e. The Morgan fingerprint density at radius 1 is 1.21 bits per heavy atom. The number of nitrogens with one attached hydrogen (secondary N) is 1. The highest BCUT2D eigenvalue weighted by Crippen LogP contribution is 2.19. The summed E-state index contributed by atoms with van der Waals surface area (Å²) in [4.78, 5) is 11.8. The van der Waals surface area contributed by atoms with Gasteiger partial charge in [0.15, 0.2) is 0 Å². The van der Waals surface area contributed by atoms with Crippen molar-refractivity contribution in [2.75, 3.05) is 0 Å². The van der Waals surface area contributed by atoms with Crippen molar-refractivity contribution >= 4 is 5.91 Å². The molecule has 1 amide bonds. The Kier molecular flexibility index (Phi) is 4.80. The number of amides is 1. The zero-order valence-electron chi connectivity index (χ0n) is 11.0. The molecule has 0 bridgehead atoms. The van der Waals surface area contributed by atoms with Gasteiger partial charge < -0.3 is 15.5 Å². The Morgan fingerprint density at radius 3 is 2.58 bits per heavy atom. The normalized spacial score (nSPS) is 23.0. The number of aryl methyl sites for hydroxylation is 1. The van der Waals surface area contributed by atoms with Crippen molar-refractivity contribution < 1.29 is 15.0 Å². The van der Waals surface area contributed by atoms with Crippen molar-refractivity contribution in [3.63, 3.8) is 0 Å². The third-order valence-corrected chi connectivity index (χ3v) is 3.67. The van der Waals surface area contributed by atoms with E-state index >= 15 is 0 Å². The van der Waals surface area contributed by atoms with Crippen LogP contribution in [0.2, 0.25) is 0 Å². The van der Waals surface area contributed by atoms with Gasteiger partial charge in [-0.05, 0) is 43.7 Å². The van der Waals surface area contributed by atoms with Gasteiger partial charge in [-0.3, -0.25) is 4.79 Å². The number of phenols is 1. The van der Waals surface area contributed by atoms with Gasteiger partial charge in [0.25, 0.3) is 0 Å². The number of aliphatic hydroxyl groups is 1. The molecule has 0 aromatic heterocycles. The third-order valence-electron chi connectivity index (χ3n) is 3.67. The minimum Gasteiger partial charge on any atom is -0.508 e. The van der Waals surface area contributed by atoms with Crippen LogP contribution in [0.3, 0.4) is 0 Å². The summed E-state index contributed by atoms with van der Waals surface area (Å²) >= 11 is 0. The molecule has 4 nitrogen and oxygen atoms in total. The van der Waals surface area contributed by atoms with E-state index in [1.807, 2.05) is 12.1 Å². The second-order valence-corrected chi connectivity index (χ2v) is 5.20. The van der Waals surface area contributed by atoms with Crippen molar-refractivity contribution in [2.24, 2.45) is 0 Å². The molecule has 1 aromatic rings. The fourth-order valence-corrected chi connectivity index (χ4v) is 2.49. The molecule has 1 aromatic carbocycles. The van der Waals surface area contributed by atoms with Crippen molar-refractivity contribution in [2.45, 2.75) is 50.7 Å². The lowest BCUT2D eigenvalue weighted by Crippen LogP contribution is -2.38. The Hall–Kier alpha value is -1.55. The van der Waals surface area contributed by atoms with Crippen molar-refractivity contribution in [3.05, 3.63) is 29.8 Å². The molecule has 2 rings (SSSR count). The average Bonchev–Trinajstić information content (AvgIpc) is 2.40. The number of carbonyl (C=O) groups is 1. The van der Waals surface area contributed by atoms with E-state index in [-0.39, 0.29) is 23.8 Å². The molecule has 1 fully saturated rings. The highest BCUT2D eigenvalue weighted by molar-refractivity contribution is 5.76. The summed E-state index contributed by atoms with van der Waals surface area (Å²) in [5, 5.41) is 22.0. The molecule has 0 spiro atoms. The van der Waals surface area contributed by atoms with Crippen LogP contribution in [0.25, 0.3) is 0 Å². The van der Waals surface area contributed by atoms with Gasteiger partial charge in [-0.15, -0.1) is 0 Å². The maximum atomic E-state index is 11.8. The molecule has 0 atom stereocenters. The lowest BCUT2D eigenvalue weighted by Gasteiger charge is -2.26. The molecule has 3 N–H and O–H groups in total. The Labute approximate surface area is 113 Å². The summed E-state index contributed by atoms with van der Waals surface area (Å²) < 4.78 is 0. The van der Waals surface area contributed by atoms with E-state index in [0.29, 0.717) is 12.8 Å². The number of aromatic hydroxyl groups is 1. The van der Waals surface area contributed by atoms with Crippen molar-refractivity contribution in [1.29, 1.82) is 0 Å². The molecule has 0 radical (unpaired) electrons.